The highest BCUT2D eigenvalue weighted by atomic mass is 15.8. The Morgan fingerprint density at radius 3 is 3.30 bits per heavy atom. The van der Waals surface area contributed by atoms with Crippen LogP contribution in [0.2, 0.25) is 0 Å². The lowest BCUT2D eigenvalue weighted by atomic mass is 10.7. The third-order valence-electron chi connectivity index (χ3n) is 1.26. The van der Waals surface area contributed by atoms with Crippen molar-refractivity contribution in [3.8, 4) is 0 Å². The second-order valence-electron chi connectivity index (χ2n) is 2.08. The molecule has 2 heterocycles. The van der Waals surface area contributed by atoms with Crippen LogP contribution in [-0.4, -0.2) is 29.7 Å². The van der Waals surface area contributed by atoms with Gasteiger partial charge in [0.25, 0.3) is 0 Å². The molecule has 2 aliphatic heterocycles. The molecule has 1 N–H and O–H groups in total. The molecule has 0 saturated heterocycles. The SMILES string of the molecule is CN1C=C2N=CN=CN2N1. The first-order chi connectivity index (χ1) is 4.86. The molecule has 0 unspecified atom stereocenters. The van der Waals surface area contributed by atoms with Crippen molar-refractivity contribution in [2.45, 2.75) is 0 Å². The number of rotatable bonds is 0. The average molecular weight is 137 g/mol. The van der Waals surface area contributed by atoms with Crippen LogP contribution in [0.5, 0.6) is 0 Å². The van der Waals surface area contributed by atoms with Gasteiger partial charge in [-0.25, -0.2) is 15.0 Å². The van der Waals surface area contributed by atoms with Gasteiger partial charge in [-0.2, -0.15) is 0 Å². The average Bonchev–Trinajstić information content (AvgIpc) is 2.27. The molecule has 5 heteroatoms. The molecule has 2 rings (SSSR count). The van der Waals surface area contributed by atoms with Crippen LogP contribution in [0.3, 0.4) is 0 Å². The van der Waals surface area contributed by atoms with Crippen LogP contribution in [0, 0.1) is 0 Å². The van der Waals surface area contributed by atoms with E-state index in [2.05, 4.69) is 15.5 Å². The summed E-state index contributed by atoms with van der Waals surface area (Å²) in [6.07, 6.45) is 5.06. The van der Waals surface area contributed by atoms with Crippen LogP contribution in [-0.2, 0) is 0 Å². The van der Waals surface area contributed by atoms with Crippen LogP contribution in [0.4, 0.5) is 0 Å². The second-order valence-corrected chi connectivity index (χ2v) is 2.08. The van der Waals surface area contributed by atoms with Crippen LogP contribution < -0.4 is 5.53 Å². The predicted octanol–water partition coefficient (Wildman–Crippen LogP) is -0.477. The molecule has 0 aliphatic carbocycles. The van der Waals surface area contributed by atoms with Gasteiger partial charge in [-0.3, -0.25) is 5.01 Å². The predicted molar refractivity (Wildman–Crippen MR) is 37.8 cm³/mol. The third kappa shape index (κ3) is 0.679. The first-order valence-corrected chi connectivity index (χ1v) is 2.92. The first-order valence-electron chi connectivity index (χ1n) is 2.92. The number of hydrogen-bond acceptors (Lipinski definition) is 5. The molecule has 0 aromatic heterocycles. The second kappa shape index (κ2) is 1.81. The molecule has 0 saturated carbocycles. The fourth-order valence-electron chi connectivity index (χ4n) is 0.855. The van der Waals surface area contributed by atoms with Crippen molar-refractivity contribution in [3.05, 3.63) is 12.0 Å². The molecule has 2 aliphatic rings. The van der Waals surface area contributed by atoms with E-state index in [1.54, 1.807) is 11.3 Å². The Kier molecular flexibility index (Phi) is 0.983. The highest BCUT2D eigenvalue weighted by Crippen LogP contribution is 2.09. The molecule has 0 atom stereocenters. The van der Waals surface area contributed by atoms with Crippen LogP contribution >= 0.6 is 0 Å². The van der Waals surface area contributed by atoms with E-state index in [1.807, 2.05) is 18.3 Å². The van der Waals surface area contributed by atoms with Crippen molar-refractivity contribution < 1.29 is 0 Å². The van der Waals surface area contributed by atoms with Gasteiger partial charge in [-0.1, -0.05) is 0 Å². The largest absolute Gasteiger partial charge is 0.297 e. The van der Waals surface area contributed by atoms with E-state index in [0.717, 1.165) is 5.82 Å². The van der Waals surface area contributed by atoms with E-state index < -0.39 is 0 Å². The van der Waals surface area contributed by atoms with E-state index in [4.69, 9.17) is 0 Å². The minimum absolute atomic E-state index is 0.859. The molecular formula is C5H7N5. The van der Waals surface area contributed by atoms with E-state index in [-0.39, 0.29) is 0 Å². The number of nitrogens with zero attached hydrogens (tertiary/aromatic N) is 4. The van der Waals surface area contributed by atoms with E-state index in [1.165, 1.54) is 6.34 Å². The summed E-state index contributed by atoms with van der Waals surface area (Å²) in [5, 5.41) is 3.55. The molecule has 0 fully saturated rings. The summed E-state index contributed by atoms with van der Waals surface area (Å²) in [5.74, 6) is 0.859. The Morgan fingerprint density at radius 1 is 1.60 bits per heavy atom. The molecule has 0 aromatic rings. The minimum Gasteiger partial charge on any atom is -0.297 e. The lowest BCUT2D eigenvalue weighted by Crippen LogP contribution is -2.37. The van der Waals surface area contributed by atoms with E-state index in [9.17, 15) is 0 Å². The summed E-state index contributed by atoms with van der Waals surface area (Å²) in [5.41, 5.74) is 2.97. The molecule has 0 aromatic carbocycles. The van der Waals surface area contributed by atoms with Crippen LogP contribution in [0.1, 0.15) is 0 Å². The van der Waals surface area contributed by atoms with Gasteiger partial charge in [-0.15, -0.1) is 5.53 Å². The molecule has 10 heavy (non-hydrogen) atoms. The Hall–Kier alpha value is -1.36. The Bertz CT molecular complexity index is 228. The maximum Gasteiger partial charge on any atom is 0.169 e. The highest BCUT2D eigenvalue weighted by Gasteiger charge is 2.16. The van der Waals surface area contributed by atoms with Gasteiger partial charge >= 0.3 is 0 Å². The van der Waals surface area contributed by atoms with Gasteiger partial charge in [0.1, 0.15) is 12.7 Å². The molecule has 0 bridgehead atoms. The molecule has 5 nitrogen and oxygen atoms in total. The quantitative estimate of drug-likeness (QED) is 0.490. The van der Waals surface area contributed by atoms with Gasteiger partial charge in [0.05, 0.1) is 6.20 Å². The van der Waals surface area contributed by atoms with Gasteiger partial charge < -0.3 is 0 Å². The summed E-state index contributed by atoms with van der Waals surface area (Å²) in [4.78, 5) is 7.84. The third-order valence-corrected chi connectivity index (χ3v) is 1.26. The fraction of sp³-hybridized carbons (Fsp3) is 0.200. The molecule has 0 radical (unpaired) electrons. The Morgan fingerprint density at radius 2 is 2.50 bits per heavy atom. The molecule has 0 spiro atoms. The molecular weight excluding hydrogens is 130 g/mol. The van der Waals surface area contributed by atoms with Crippen molar-refractivity contribution in [3.63, 3.8) is 0 Å². The standard InChI is InChI=1S/C5H7N5/c1-9-2-5-7-3-6-4-10(5)8-9/h2-4,8H,1H3. The monoisotopic (exact) mass is 137 g/mol. The van der Waals surface area contributed by atoms with Gasteiger partial charge in [0.15, 0.2) is 5.82 Å². The van der Waals surface area contributed by atoms with Crippen molar-refractivity contribution >= 4 is 12.7 Å². The topological polar surface area (TPSA) is 43.2 Å². The number of hydrazine groups is 2. The normalized spacial score (nSPS) is 21.5. The Labute approximate surface area is 58.3 Å². The summed E-state index contributed by atoms with van der Waals surface area (Å²) in [6.45, 7) is 0. The van der Waals surface area contributed by atoms with E-state index in [0.29, 0.717) is 0 Å². The highest BCUT2D eigenvalue weighted by molar-refractivity contribution is 5.75. The van der Waals surface area contributed by atoms with Crippen molar-refractivity contribution in [2.24, 2.45) is 9.98 Å². The fourth-order valence-corrected chi connectivity index (χ4v) is 0.855. The smallest absolute Gasteiger partial charge is 0.169 e. The first kappa shape index (κ1) is 5.43. The maximum atomic E-state index is 4.00. The number of hydrogen-bond donors (Lipinski definition) is 1. The molecule has 52 valence electrons. The zero-order valence-corrected chi connectivity index (χ0v) is 5.52. The number of nitrogens with one attached hydrogen (secondary N) is 1. The Balaban J connectivity index is 2.29. The zero-order chi connectivity index (χ0) is 6.97. The lowest BCUT2D eigenvalue weighted by Gasteiger charge is -2.16. The summed E-state index contributed by atoms with van der Waals surface area (Å²) >= 11 is 0. The van der Waals surface area contributed by atoms with Crippen molar-refractivity contribution in [1.82, 2.24) is 15.6 Å². The number of fused-ring (bicyclic) bond motifs is 1. The number of aliphatic imine (C=N–C) groups is 2. The zero-order valence-electron chi connectivity index (χ0n) is 5.52. The lowest BCUT2D eigenvalue weighted by molar-refractivity contribution is 0.229. The van der Waals surface area contributed by atoms with Crippen molar-refractivity contribution in [1.29, 1.82) is 0 Å². The maximum absolute atomic E-state index is 4.00. The molecule has 0 amide bonds. The van der Waals surface area contributed by atoms with Crippen molar-refractivity contribution in [2.75, 3.05) is 7.05 Å². The minimum atomic E-state index is 0.859. The van der Waals surface area contributed by atoms with Crippen LogP contribution in [0.25, 0.3) is 0 Å². The summed E-state index contributed by atoms with van der Waals surface area (Å²) in [6, 6.07) is 0. The van der Waals surface area contributed by atoms with E-state index >= 15 is 0 Å². The van der Waals surface area contributed by atoms with Gasteiger partial charge in [-0.05, 0) is 0 Å². The van der Waals surface area contributed by atoms with Gasteiger partial charge in [0.2, 0.25) is 0 Å². The summed E-state index contributed by atoms with van der Waals surface area (Å²) < 4.78 is 0. The summed E-state index contributed by atoms with van der Waals surface area (Å²) in [7, 11) is 1.90. The van der Waals surface area contributed by atoms with Gasteiger partial charge in [0, 0.05) is 7.05 Å². The van der Waals surface area contributed by atoms with Crippen LogP contribution in [0.15, 0.2) is 22.0 Å².